The lowest BCUT2D eigenvalue weighted by atomic mass is 10.0. The number of rotatable bonds is 6. The van der Waals surface area contributed by atoms with Crippen LogP contribution in [0, 0.1) is 6.92 Å². The Labute approximate surface area is 183 Å². The highest BCUT2D eigenvalue weighted by Gasteiger charge is 2.32. The molecule has 1 aliphatic rings. The van der Waals surface area contributed by atoms with E-state index in [0.717, 1.165) is 27.4 Å². The van der Waals surface area contributed by atoms with E-state index in [1.54, 1.807) is 25.5 Å². The summed E-state index contributed by atoms with van der Waals surface area (Å²) in [6, 6.07) is 3.38. The fourth-order valence-corrected chi connectivity index (χ4v) is 4.59. The van der Waals surface area contributed by atoms with Crippen molar-refractivity contribution in [3.8, 4) is 11.3 Å². The molecule has 1 saturated heterocycles. The molecule has 0 radical (unpaired) electrons. The minimum Gasteiger partial charge on any atom is -0.478 e. The van der Waals surface area contributed by atoms with Crippen molar-refractivity contribution >= 4 is 11.5 Å². The molecule has 1 fully saturated rings. The monoisotopic (exact) mass is 449 g/mol. The number of imidazole rings is 1. The zero-order chi connectivity index (χ0) is 23.2. The fourth-order valence-electron chi connectivity index (χ4n) is 4.59. The second kappa shape index (κ2) is 8.59. The Morgan fingerprint density at radius 1 is 1.12 bits per heavy atom. The van der Waals surface area contributed by atoms with Crippen LogP contribution >= 0.6 is 0 Å². The molecule has 0 aliphatic carbocycles. The summed E-state index contributed by atoms with van der Waals surface area (Å²) in [5, 5.41) is 9.77. The Kier molecular flexibility index (Phi) is 6.00. The predicted molar refractivity (Wildman–Crippen MR) is 114 cm³/mol. The lowest BCUT2D eigenvalue weighted by Crippen LogP contribution is -2.51. The smallest absolute Gasteiger partial charge is 0.336 e. The Morgan fingerprint density at radius 3 is 2.34 bits per heavy atom. The minimum absolute atomic E-state index is 0.183. The molecular formula is C22H26F3N5O2. The molecule has 4 rings (SSSR count). The van der Waals surface area contributed by atoms with E-state index in [1.165, 1.54) is 0 Å². The molecular weight excluding hydrogens is 423 g/mol. The average Bonchev–Trinajstić information content (AvgIpc) is 3.37. The number of nitrogens with zero attached hydrogens (tertiary/aromatic N) is 5. The third-order valence-corrected chi connectivity index (χ3v) is 6.38. The van der Waals surface area contributed by atoms with Gasteiger partial charge in [0.2, 0.25) is 6.30 Å². The molecule has 2 atom stereocenters. The van der Waals surface area contributed by atoms with Crippen LogP contribution in [-0.2, 0) is 7.05 Å². The van der Waals surface area contributed by atoms with Crippen molar-refractivity contribution in [1.29, 1.82) is 0 Å². The molecule has 3 aromatic heterocycles. The minimum atomic E-state index is -3.03. The Bertz CT molecular complexity index is 1130. The number of aromatic nitrogens is 3. The summed E-state index contributed by atoms with van der Waals surface area (Å²) in [5.41, 5.74) is 4.22. The average molecular weight is 449 g/mol. The molecule has 0 amide bonds. The van der Waals surface area contributed by atoms with Crippen molar-refractivity contribution in [2.45, 2.75) is 32.6 Å². The number of carbonyl (C=O) groups is 1. The maximum absolute atomic E-state index is 13.7. The Morgan fingerprint density at radius 2 is 1.78 bits per heavy atom. The summed E-state index contributed by atoms with van der Waals surface area (Å²) in [5.74, 6) is -1.01. The first kappa shape index (κ1) is 22.3. The van der Waals surface area contributed by atoms with E-state index in [2.05, 4.69) is 9.88 Å². The number of carboxylic acid groups (broad SMARTS) is 1. The molecule has 10 heteroatoms. The number of aryl methyl sites for hydroxylation is 1. The van der Waals surface area contributed by atoms with E-state index in [4.69, 9.17) is 0 Å². The summed E-state index contributed by atoms with van der Waals surface area (Å²) >= 11 is 0. The maximum Gasteiger partial charge on any atom is 0.336 e. The zero-order valence-corrected chi connectivity index (χ0v) is 18.2. The van der Waals surface area contributed by atoms with Gasteiger partial charge in [-0.1, -0.05) is 0 Å². The summed E-state index contributed by atoms with van der Waals surface area (Å²) in [4.78, 5) is 19.3. The van der Waals surface area contributed by atoms with Crippen molar-refractivity contribution in [1.82, 2.24) is 23.8 Å². The van der Waals surface area contributed by atoms with Gasteiger partial charge in [-0.05, 0) is 31.5 Å². The largest absolute Gasteiger partial charge is 0.478 e. The quantitative estimate of drug-likeness (QED) is 0.583. The van der Waals surface area contributed by atoms with Gasteiger partial charge in [-0.3, -0.25) is 9.80 Å². The van der Waals surface area contributed by atoms with E-state index in [0.29, 0.717) is 18.7 Å². The number of hydrogen-bond acceptors (Lipinski definition) is 4. The van der Waals surface area contributed by atoms with Crippen LogP contribution < -0.4 is 0 Å². The van der Waals surface area contributed by atoms with Crippen molar-refractivity contribution < 1.29 is 23.1 Å². The van der Waals surface area contributed by atoms with Gasteiger partial charge in [0.15, 0.2) is 0 Å². The van der Waals surface area contributed by atoms with Crippen molar-refractivity contribution in [2.24, 2.45) is 7.05 Å². The predicted octanol–water partition coefficient (Wildman–Crippen LogP) is 3.59. The molecule has 172 valence electrons. The number of halogens is 3. The molecule has 1 N–H and O–H groups in total. The van der Waals surface area contributed by atoms with Crippen molar-refractivity contribution in [2.75, 3.05) is 26.2 Å². The molecule has 0 aromatic carbocycles. The number of piperazine rings is 1. The highest BCUT2D eigenvalue weighted by atomic mass is 19.3. The van der Waals surface area contributed by atoms with E-state index >= 15 is 0 Å². The first-order valence-electron chi connectivity index (χ1n) is 10.4. The van der Waals surface area contributed by atoms with E-state index in [-0.39, 0.29) is 24.7 Å². The van der Waals surface area contributed by atoms with Crippen LogP contribution in [0.1, 0.15) is 34.6 Å². The summed E-state index contributed by atoms with van der Waals surface area (Å²) in [7, 11) is 1.89. The lowest BCUT2D eigenvalue weighted by Gasteiger charge is -2.39. The van der Waals surface area contributed by atoms with Gasteiger partial charge in [-0.2, -0.15) is 0 Å². The third-order valence-electron chi connectivity index (χ3n) is 6.38. The maximum atomic E-state index is 13.7. The summed E-state index contributed by atoms with van der Waals surface area (Å²) in [6.07, 6.45) is 0.118. The molecule has 1 aliphatic heterocycles. The first-order chi connectivity index (χ1) is 15.2. The molecule has 7 nitrogen and oxygen atoms in total. The topological polar surface area (TPSA) is 66.0 Å². The van der Waals surface area contributed by atoms with Gasteiger partial charge in [-0.25, -0.2) is 22.9 Å². The van der Waals surface area contributed by atoms with Crippen LogP contribution in [0.25, 0.3) is 16.8 Å². The number of carboxylic acids is 1. The summed E-state index contributed by atoms with van der Waals surface area (Å²) < 4.78 is 43.1. The normalized spacial score (nSPS) is 17.8. The molecule has 0 bridgehead atoms. The molecule has 0 saturated carbocycles. The number of pyridine rings is 1. The molecule has 3 aromatic rings. The van der Waals surface area contributed by atoms with Crippen LogP contribution in [-0.4, -0.2) is 73.7 Å². The standard InChI is InChI=1S/C22H26F3N5O2/c1-13-17(22(31)32)9-16-8-15(18-10-26-12-27(18)3)11-30(16)19(13)14(2)28-4-6-29(7-5-28)21(25)20(23)24/h8-12,14,20-21H,4-7H2,1-3H3,(H,31,32). The van der Waals surface area contributed by atoms with E-state index in [1.807, 2.05) is 35.2 Å². The van der Waals surface area contributed by atoms with Gasteiger partial charge in [0.1, 0.15) is 0 Å². The molecule has 2 unspecified atom stereocenters. The van der Waals surface area contributed by atoms with Crippen molar-refractivity contribution in [3.63, 3.8) is 0 Å². The number of alkyl halides is 3. The highest BCUT2D eigenvalue weighted by molar-refractivity contribution is 5.91. The Hall–Kier alpha value is -2.85. The zero-order valence-electron chi connectivity index (χ0n) is 18.2. The van der Waals surface area contributed by atoms with Gasteiger partial charge >= 0.3 is 5.97 Å². The van der Waals surface area contributed by atoms with Gasteiger partial charge in [-0.15, -0.1) is 0 Å². The van der Waals surface area contributed by atoms with Crippen LogP contribution in [0.2, 0.25) is 0 Å². The first-order valence-corrected chi connectivity index (χ1v) is 10.4. The van der Waals surface area contributed by atoms with Gasteiger partial charge in [0, 0.05) is 62.2 Å². The van der Waals surface area contributed by atoms with Crippen molar-refractivity contribution in [3.05, 3.63) is 47.7 Å². The SMILES string of the molecule is Cc1c(C(=O)O)cc2cc(-c3cncn3C)cn2c1C(C)N1CCN(C(F)C(F)F)CC1. The molecule has 0 spiro atoms. The van der Waals surface area contributed by atoms with Crippen LogP contribution in [0.15, 0.2) is 30.9 Å². The van der Waals surface area contributed by atoms with Gasteiger partial charge < -0.3 is 14.1 Å². The van der Waals surface area contributed by atoms with Gasteiger partial charge in [0.25, 0.3) is 6.43 Å². The highest BCUT2D eigenvalue weighted by Crippen LogP contribution is 2.32. The van der Waals surface area contributed by atoms with Crippen LogP contribution in [0.3, 0.4) is 0 Å². The van der Waals surface area contributed by atoms with E-state index in [9.17, 15) is 23.1 Å². The fraction of sp³-hybridized carbons (Fsp3) is 0.455. The third kappa shape index (κ3) is 3.88. The second-order valence-corrected chi connectivity index (χ2v) is 8.24. The molecule has 4 heterocycles. The Balaban J connectivity index is 1.72. The van der Waals surface area contributed by atoms with Crippen LogP contribution in [0.5, 0.6) is 0 Å². The number of fused-ring (bicyclic) bond motifs is 1. The summed E-state index contributed by atoms with van der Waals surface area (Å²) in [6.45, 7) is 4.92. The second-order valence-electron chi connectivity index (χ2n) is 8.24. The van der Waals surface area contributed by atoms with Crippen LogP contribution in [0.4, 0.5) is 13.2 Å². The van der Waals surface area contributed by atoms with E-state index < -0.39 is 18.7 Å². The number of aromatic carboxylic acids is 1. The lowest BCUT2D eigenvalue weighted by molar-refractivity contribution is -0.0688. The number of hydrogen-bond donors (Lipinski definition) is 1. The van der Waals surface area contributed by atoms with Gasteiger partial charge in [0.05, 0.1) is 23.8 Å². The molecule has 32 heavy (non-hydrogen) atoms.